The number of rotatable bonds is 10. The van der Waals surface area contributed by atoms with Gasteiger partial charge in [0.05, 0.1) is 5.71 Å². The van der Waals surface area contributed by atoms with E-state index in [4.69, 9.17) is 10.8 Å². The first-order chi connectivity index (χ1) is 15.3. The van der Waals surface area contributed by atoms with Gasteiger partial charge in [-0.1, -0.05) is 62.6 Å². The van der Waals surface area contributed by atoms with Gasteiger partial charge in [0.2, 0.25) is 6.41 Å². The largest absolute Gasteiger partial charge is 0.481 e. The molecule has 1 aliphatic rings. The van der Waals surface area contributed by atoms with Gasteiger partial charge in [-0.25, -0.2) is 0 Å². The summed E-state index contributed by atoms with van der Waals surface area (Å²) in [5.74, 6) is 0.922. The van der Waals surface area contributed by atoms with E-state index in [1.165, 1.54) is 23.5 Å². The molecule has 1 aromatic carbocycles. The van der Waals surface area contributed by atoms with E-state index < -0.39 is 6.30 Å². The molecule has 1 aliphatic carbocycles. The molecule has 1 fully saturated rings. The van der Waals surface area contributed by atoms with Crippen molar-refractivity contribution < 1.29 is 18.0 Å². The number of hydrogen-bond acceptors (Lipinski definition) is 4. The Morgan fingerprint density at radius 3 is 2.36 bits per heavy atom. The van der Waals surface area contributed by atoms with Crippen LogP contribution in [0.3, 0.4) is 0 Å². The highest BCUT2D eigenvalue weighted by atomic mass is 19.4. The molecule has 0 aliphatic heterocycles. The molecule has 5 nitrogen and oxygen atoms in total. The third-order valence-electron chi connectivity index (χ3n) is 5.33. The minimum atomic E-state index is -4.35. The summed E-state index contributed by atoms with van der Waals surface area (Å²) in [6.45, 7) is 2.66. The number of alkyl halides is 3. The fourth-order valence-electron chi connectivity index (χ4n) is 3.67. The zero-order valence-corrected chi connectivity index (χ0v) is 18.4. The van der Waals surface area contributed by atoms with Crippen molar-refractivity contribution >= 4 is 18.3 Å². The van der Waals surface area contributed by atoms with Crippen LogP contribution in [0.25, 0.3) is 0 Å². The lowest BCUT2D eigenvalue weighted by Gasteiger charge is -2.30. The SMILES string of the molecule is C.Cc1ccc(C(=N)/C=C\C=N)cc1.O=CNCCC1CCCCC1C/C=C/NC(F)(F)F. The molecule has 4 N–H and O–H groups in total. The van der Waals surface area contributed by atoms with Crippen LogP contribution in [0.15, 0.2) is 48.7 Å². The number of hydrogen-bond donors (Lipinski definition) is 4. The van der Waals surface area contributed by atoms with Crippen LogP contribution in [-0.4, -0.2) is 31.2 Å². The molecule has 2 rings (SSSR count). The molecule has 1 amide bonds. The number of aryl methyl sites for hydroxylation is 1. The zero-order chi connectivity index (χ0) is 23.8. The minimum Gasteiger partial charge on any atom is -0.359 e. The van der Waals surface area contributed by atoms with Gasteiger partial charge in [0.15, 0.2) is 0 Å². The van der Waals surface area contributed by atoms with Gasteiger partial charge in [-0.2, -0.15) is 13.2 Å². The molecule has 2 unspecified atom stereocenters. The van der Waals surface area contributed by atoms with E-state index >= 15 is 0 Å². The van der Waals surface area contributed by atoms with Gasteiger partial charge in [0.25, 0.3) is 0 Å². The third-order valence-corrected chi connectivity index (χ3v) is 5.33. The van der Waals surface area contributed by atoms with Crippen LogP contribution >= 0.6 is 0 Å². The van der Waals surface area contributed by atoms with Gasteiger partial charge in [0.1, 0.15) is 0 Å². The van der Waals surface area contributed by atoms with E-state index in [0.717, 1.165) is 37.4 Å². The Morgan fingerprint density at radius 2 is 1.79 bits per heavy atom. The number of carbonyl (C=O) groups is 1. The van der Waals surface area contributed by atoms with Crippen LogP contribution in [0.5, 0.6) is 0 Å². The molecular weight excluding hydrogens is 429 g/mol. The summed E-state index contributed by atoms with van der Waals surface area (Å²) >= 11 is 0. The van der Waals surface area contributed by atoms with E-state index in [2.05, 4.69) is 5.32 Å². The summed E-state index contributed by atoms with van der Waals surface area (Å²) in [6.07, 6.45) is 9.24. The first-order valence-corrected chi connectivity index (χ1v) is 10.8. The van der Waals surface area contributed by atoms with Gasteiger partial charge in [-0.05, 0) is 55.7 Å². The predicted molar refractivity (Wildman–Crippen MR) is 130 cm³/mol. The van der Waals surface area contributed by atoms with Gasteiger partial charge in [-0.15, -0.1) is 0 Å². The Kier molecular flexibility index (Phi) is 15.2. The minimum absolute atomic E-state index is 0. The van der Waals surface area contributed by atoms with Crippen molar-refractivity contribution in [1.29, 1.82) is 10.8 Å². The van der Waals surface area contributed by atoms with Crippen molar-refractivity contribution in [3.05, 3.63) is 59.8 Å². The van der Waals surface area contributed by atoms with Crippen LogP contribution in [0, 0.1) is 29.6 Å². The number of amides is 1. The Balaban J connectivity index is 0.000000642. The molecule has 184 valence electrons. The summed E-state index contributed by atoms with van der Waals surface area (Å²) in [6, 6.07) is 7.77. The van der Waals surface area contributed by atoms with E-state index in [-0.39, 0.29) is 7.43 Å². The van der Waals surface area contributed by atoms with Crippen LogP contribution in [-0.2, 0) is 4.79 Å². The Labute approximate surface area is 195 Å². The van der Waals surface area contributed by atoms with Crippen molar-refractivity contribution in [2.75, 3.05) is 6.54 Å². The monoisotopic (exact) mass is 466 g/mol. The average Bonchev–Trinajstić information content (AvgIpc) is 2.76. The fourth-order valence-corrected chi connectivity index (χ4v) is 3.67. The molecular formula is C25H37F3N4O. The molecule has 0 heterocycles. The molecule has 0 bridgehead atoms. The summed E-state index contributed by atoms with van der Waals surface area (Å²) in [7, 11) is 0. The van der Waals surface area contributed by atoms with Crippen molar-refractivity contribution in [3.8, 4) is 0 Å². The van der Waals surface area contributed by atoms with Gasteiger partial charge >= 0.3 is 6.30 Å². The summed E-state index contributed by atoms with van der Waals surface area (Å²) in [4.78, 5) is 10.2. The van der Waals surface area contributed by atoms with Crippen LogP contribution < -0.4 is 10.6 Å². The quantitative estimate of drug-likeness (QED) is 0.144. The molecule has 0 aromatic heterocycles. The molecule has 2 atom stereocenters. The standard InChI is InChI=1S/C13H21F3N2O.C11H12N2.CH4/c14-13(15,16)18-8-3-6-11-4-1-2-5-12(11)7-9-17-10-19;1-9-4-6-10(7-5-9)11(13)3-2-8-12;/h3,8,10-12,18H,1-2,4-7,9H2,(H,17,19);2-8,12-13H,1H3;1H4/b8-3+;3-2-,12-8?,13-11?;. The maximum absolute atomic E-state index is 11.9. The van der Waals surface area contributed by atoms with Crippen LogP contribution in [0.2, 0.25) is 0 Å². The van der Waals surface area contributed by atoms with E-state index in [0.29, 0.717) is 36.9 Å². The second-order valence-corrected chi connectivity index (χ2v) is 7.75. The Morgan fingerprint density at radius 1 is 1.15 bits per heavy atom. The topological polar surface area (TPSA) is 88.8 Å². The molecule has 0 radical (unpaired) electrons. The second kappa shape index (κ2) is 16.7. The molecule has 33 heavy (non-hydrogen) atoms. The first-order valence-electron chi connectivity index (χ1n) is 10.8. The fraction of sp³-hybridized carbons (Fsp3) is 0.480. The van der Waals surface area contributed by atoms with E-state index in [9.17, 15) is 18.0 Å². The number of benzene rings is 1. The van der Waals surface area contributed by atoms with Crippen molar-refractivity contribution in [1.82, 2.24) is 10.6 Å². The summed E-state index contributed by atoms with van der Waals surface area (Å²) < 4.78 is 35.7. The van der Waals surface area contributed by atoms with Gasteiger partial charge in [0, 0.05) is 19.0 Å². The molecule has 8 heteroatoms. The Hall–Kier alpha value is -2.90. The van der Waals surface area contributed by atoms with Crippen molar-refractivity contribution in [2.24, 2.45) is 11.8 Å². The molecule has 1 saturated carbocycles. The summed E-state index contributed by atoms with van der Waals surface area (Å²) in [5.41, 5.74) is 2.50. The maximum atomic E-state index is 11.9. The highest BCUT2D eigenvalue weighted by Gasteiger charge is 2.25. The number of nitrogens with one attached hydrogen (secondary N) is 4. The zero-order valence-electron chi connectivity index (χ0n) is 18.4. The van der Waals surface area contributed by atoms with Crippen molar-refractivity contribution in [3.63, 3.8) is 0 Å². The lowest BCUT2D eigenvalue weighted by molar-refractivity contribution is -0.146. The van der Waals surface area contributed by atoms with Crippen molar-refractivity contribution in [2.45, 2.75) is 59.2 Å². The molecule has 1 aromatic rings. The summed E-state index contributed by atoms with van der Waals surface area (Å²) in [5, 5.41) is 18.4. The van der Waals surface area contributed by atoms with E-state index in [1.807, 2.05) is 31.2 Å². The number of allylic oxidation sites excluding steroid dienone is 3. The van der Waals surface area contributed by atoms with Crippen LogP contribution in [0.1, 0.15) is 57.1 Å². The second-order valence-electron chi connectivity index (χ2n) is 7.75. The number of carbonyl (C=O) groups excluding carboxylic acids is 1. The number of halogens is 3. The molecule has 0 saturated heterocycles. The maximum Gasteiger partial charge on any atom is 0.481 e. The van der Waals surface area contributed by atoms with Crippen LogP contribution in [0.4, 0.5) is 13.2 Å². The lowest BCUT2D eigenvalue weighted by atomic mass is 9.76. The van der Waals surface area contributed by atoms with Gasteiger partial charge in [-0.3, -0.25) is 4.79 Å². The smallest absolute Gasteiger partial charge is 0.359 e. The molecule has 0 spiro atoms. The average molecular weight is 467 g/mol. The normalized spacial score (nSPS) is 18.1. The predicted octanol–water partition coefficient (Wildman–Crippen LogP) is 6.15. The highest BCUT2D eigenvalue weighted by molar-refractivity contribution is 6.07. The Bertz CT molecular complexity index is 758. The highest BCUT2D eigenvalue weighted by Crippen LogP contribution is 2.34. The lowest BCUT2D eigenvalue weighted by Crippen LogP contribution is -2.26. The third kappa shape index (κ3) is 14.0. The van der Waals surface area contributed by atoms with E-state index in [1.54, 1.807) is 18.2 Å². The van der Waals surface area contributed by atoms with Gasteiger partial charge < -0.3 is 21.5 Å². The first kappa shape index (κ1) is 30.1.